The predicted molar refractivity (Wildman–Crippen MR) is 87.1 cm³/mol. The van der Waals surface area contributed by atoms with Gasteiger partial charge in [0.05, 0.1) is 12.7 Å². The Hall–Kier alpha value is -0.690. The molecule has 0 aromatic carbocycles. The number of fused-ring (bicyclic) bond motifs is 1. The van der Waals surface area contributed by atoms with Gasteiger partial charge in [0.15, 0.2) is 5.13 Å². The number of aromatic nitrogens is 1. The van der Waals surface area contributed by atoms with E-state index in [2.05, 4.69) is 40.6 Å². The van der Waals surface area contributed by atoms with Gasteiger partial charge < -0.3 is 9.64 Å². The maximum atomic E-state index is 5.91. The Bertz CT molecular complexity index is 462. The molecule has 2 atom stereocenters. The summed E-state index contributed by atoms with van der Waals surface area (Å²) in [6, 6.07) is 0.564. The molecule has 6 heteroatoms. The van der Waals surface area contributed by atoms with Crippen molar-refractivity contribution in [3.05, 3.63) is 11.1 Å². The van der Waals surface area contributed by atoms with E-state index in [4.69, 9.17) is 4.74 Å². The van der Waals surface area contributed by atoms with Crippen molar-refractivity contribution >= 4 is 16.5 Å². The molecule has 5 nitrogen and oxygen atoms in total. The standard InChI is InChI=1S/C15H26N4OS/c1-4-19(5-2)15-16-8-12(21-15)9-18-10-13-14(11-18)20-7-6-17(13)3/h8,13-14H,4-7,9-11H2,1-3H3/t13-,14-/m0/s1. The third-order valence-electron chi connectivity index (χ3n) is 4.61. The number of nitrogens with zero attached hydrogens (tertiary/aromatic N) is 4. The van der Waals surface area contributed by atoms with E-state index in [0.29, 0.717) is 12.1 Å². The van der Waals surface area contributed by atoms with Crippen molar-refractivity contribution in [2.45, 2.75) is 32.5 Å². The van der Waals surface area contributed by atoms with Crippen LogP contribution < -0.4 is 4.90 Å². The number of anilines is 1. The van der Waals surface area contributed by atoms with Crippen LogP contribution in [-0.2, 0) is 11.3 Å². The van der Waals surface area contributed by atoms with Crippen LogP contribution in [0.5, 0.6) is 0 Å². The first-order valence-electron chi connectivity index (χ1n) is 7.95. The van der Waals surface area contributed by atoms with Crippen LogP contribution in [0.15, 0.2) is 6.20 Å². The summed E-state index contributed by atoms with van der Waals surface area (Å²) in [5, 5.41) is 1.15. The summed E-state index contributed by atoms with van der Waals surface area (Å²) in [6.07, 6.45) is 2.43. The van der Waals surface area contributed by atoms with Crippen LogP contribution in [0.25, 0.3) is 0 Å². The lowest BCUT2D eigenvalue weighted by molar-refractivity contribution is -0.0370. The smallest absolute Gasteiger partial charge is 0.185 e. The number of likely N-dealkylation sites (N-methyl/N-ethyl adjacent to an activating group) is 1. The number of morpholine rings is 1. The van der Waals surface area contributed by atoms with Crippen LogP contribution in [0, 0.1) is 0 Å². The summed E-state index contributed by atoms with van der Waals surface area (Å²) < 4.78 is 5.91. The van der Waals surface area contributed by atoms with Crippen molar-refractivity contribution in [3.63, 3.8) is 0 Å². The van der Waals surface area contributed by atoms with Crippen LogP contribution in [0.1, 0.15) is 18.7 Å². The van der Waals surface area contributed by atoms with Gasteiger partial charge in [0.1, 0.15) is 0 Å². The van der Waals surface area contributed by atoms with E-state index in [0.717, 1.165) is 51.0 Å². The quantitative estimate of drug-likeness (QED) is 0.823. The molecule has 2 aliphatic rings. The highest BCUT2D eigenvalue weighted by Crippen LogP contribution is 2.27. The van der Waals surface area contributed by atoms with E-state index >= 15 is 0 Å². The van der Waals surface area contributed by atoms with Gasteiger partial charge in [-0.1, -0.05) is 0 Å². The van der Waals surface area contributed by atoms with Gasteiger partial charge in [-0.15, -0.1) is 11.3 Å². The molecule has 3 rings (SSSR count). The largest absolute Gasteiger partial charge is 0.374 e. The van der Waals surface area contributed by atoms with Gasteiger partial charge in [0.25, 0.3) is 0 Å². The van der Waals surface area contributed by atoms with Crippen LogP contribution in [-0.4, -0.2) is 73.3 Å². The highest BCUT2D eigenvalue weighted by molar-refractivity contribution is 7.15. The van der Waals surface area contributed by atoms with Crippen molar-refractivity contribution in [3.8, 4) is 0 Å². The number of ether oxygens (including phenoxy) is 1. The molecule has 0 spiro atoms. The summed E-state index contributed by atoms with van der Waals surface area (Å²) >= 11 is 1.83. The Kier molecular flexibility index (Phi) is 4.78. The van der Waals surface area contributed by atoms with Crippen molar-refractivity contribution in [1.29, 1.82) is 0 Å². The third kappa shape index (κ3) is 3.23. The molecule has 118 valence electrons. The zero-order chi connectivity index (χ0) is 14.8. The normalized spacial score (nSPS) is 27.0. The molecule has 0 saturated carbocycles. The molecule has 0 amide bonds. The van der Waals surface area contributed by atoms with Gasteiger partial charge >= 0.3 is 0 Å². The minimum absolute atomic E-state index is 0.388. The minimum Gasteiger partial charge on any atom is -0.374 e. The molecule has 0 N–H and O–H groups in total. The maximum Gasteiger partial charge on any atom is 0.185 e. The van der Waals surface area contributed by atoms with Gasteiger partial charge in [-0.3, -0.25) is 9.80 Å². The molecule has 2 saturated heterocycles. The molecule has 0 bridgehead atoms. The maximum absolute atomic E-state index is 5.91. The second kappa shape index (κ2) is 6.60. The van der Waals surface area contributed by atoms with E-state index in [1.165, 1.54) is 4.88 Å². The molecule has 21 heavy (non-hydrogen) atoms. The van der Waals surface area contributed by atoms with Gasteiger partial charge in [0, 0.05) is 56.4 Å². The zero-order valence-electron chi connectivity index (χ0n) is 13.3. The Balaban J connectivity index is 1.60. The highest BCUT2D eigenvalue weighted by atomic mass is 32.1. The average Bonchev–Trinajstić information content (AvgIpc) is 3.08. The van der Waals surface area contributed by atoms with Gasteiger partial charge in [0.2, 0.25) is 0 Å². The Morgan fingerprint density at radius 3 is 2.90 bits per heavy atom. The van der Waals surface area contributed by atoms with Crippen LogP contribution in [0.3, 0.4) is 0 Å². The van der Waals surface area contributed by atoms with Gasteiger partial charge in [-0.25, -0.2) is 4.98 Å². The lowest BCUT2D eigenvalue weighted by Crippen LogP contribution is -2.48. The molecule has 2 fully saturated rings. The summed E-state index contributed by atoms with van der Waals surface area (Å²) in [5.74, 6) is 0. The van der Waals surface area contributed by atoms with Gasteiger partial charge in [-0.2, -0.15) is 0 Å². The summed E-state index contributed by atoms with van der Waals surface area (Å²) in [7, 11) is 2.22. The molecular formula is C15H26N4OS. The molecule has 0 radical (unpaired) electrons. The predicted octanol–water partition coefficient (Wildman–Crippen LogP) is 1.50. The first-order valence-corrected chi connectivity index (χ1v) is 8.76. The lowest BCUT2D eigenvalue weighted by Gasteiger charge is -2.33. The monoisotopic (exact) mass is 310 g/mol. The molecule has 3 heterocycles. The molecular weight excluding hydrogens is 284 g/mol. The number of rotatable bonds is 5. The second-order valence-corrected chi connectivity index (χ2v) is 7.03. The minimum atomic E-state index is 0.388. The fourth-order valence-corrected chi connectivity index (χ4v) is 4.37. The average molecular weight is 310 g/mol. The van der Waals surface area contributed by atoms with Crippen molar-refractivity contribution in [2.75, 3.05) is 51.3 Å². The number of thiazole rings is 1. The topological polar surface area (TPSA) is 31.8 Å². The molecule has 1 aromatic rings. The SMILES string of the molecule is CCN(CC)c1ncc(CN2C[C@@H]3OCCN(C)[C@H]3C2)s1. The molecule has 0 unspecified atom stereocenters. The third-order valence-corrected chi connectivity index (χ3v) is 5.65. The molecule has 0 aliphatic carbocycles. The Labute approximate surface area is 131 Å². The van der Waals surface area contributed by atoms with Crippen LogP contribution >= 0.6 is 11.3 Å². The summed E-state index contributed by atoms with van der Waals surface area (Å²) in [5.41, 5.74) is 0. The van der Waals surface area contributed by atoms with E-state index in [9.17, 15) is 0 Å². The van der Waals surface area contributed by atoms with Gasteiger partial charge in [-0.05, 0) is 20.9 Å². The van der Waals surface area contributed by atoms with E-state index in [1.54, 1.807) is 0 Å². The van der Waals surface area contributed by atoms with Crippen molar-refractivity contribution in [2.24, 2.45) is 0 Å². The Morgan fingerprint density at radius 1 is 1.38 bits per heavy atom. The summed E-state index contributed by atoms with van der Waals surface area (Å²) in [4.78, 5) is 13.2. The summed E-state index contributed by atoms with van der Waals surface area (Å²) in [6.45, 7) is 11.5. The Morgan fingerprint density at radius 2 is 2.19 bits per heavy atom. The van der Waals surface area contributed by atoms with Crippen LogP contribution in [0.2, 0.25) is 0 Å². The van der Waals surface area contributed by atoms with Crippen LogP contribution in [0.4, 0.5) is 5.13 Å². The highest BCUT2D eigenvalue weighted by Gasteiger charge is 2.38. The molecule has 1 aromatic heterocycles. The first kappa shape index (κ1) is 15.2. The fourth-order valence-electron chi connectivity index (χ4n) is 3.29. The van der Waals surface area contributed by atoms with E-state index < -0.39 is 0 Å². The van der Waals surface area contributed by atoms with Crippen molar-refractivity contribution in [1.82, 2.24) is 14.8 Å². The molecule has 2 aliphatic heterocycles. The lowest BCUT2D eigenvalue weighted by atomic mass is 10.1. The van der Waals surface area contributed by atoms with Crippen molar-refractivity contribution < 1.29 is 4.74 Å². The van der Waals surface area contributed by atoms with E-state index in [-0.39, 0.29) is 0 Å². The fraction of sp³-hybridized carbons (Fsp3) is 0.800. The first-order chi connectivity index (χ1) is 10.2. The number of likely N-dealkylation sites (tertiary alicyclic amines) is 1. The number of hydrogen-bond donors (Lipinski definition) is 0. The zero-order valence-corrected chi connectivity index (χ0v) is 14.1. The second-order valence-electron chi connectivity index (χ2n) is 5.93. The number of hydrogen-bond acceptors (Lipinski definition) is 6. The van der Waals surface area contributed by atoms with E-state index in [1.807, 2.05) is 17.5 Å².